The fraction of sp³-hybridized carbons (Fsp3) is 0.538. The lowest BCUT2D eigenvalue weighted by Crippen LogP contribution is -2.32. The van der Waals surface area contributed by atoms with Crippen molar-refractivity contribution in [2.75, 3.05) is 13.1 Å². The van der Waals surface area contributed by atoms with Crippen LogP contribution >= 0.6 is 0 Å². The fourth-order valence-corrected chi connectivity index (χ4v) is 2.47. The first-order valence-electron chi connectivity index (χ1n) is 5.85. The first-order chi connectivity index (χ1) is 7.33. The van der Waals surface area contributed by atoms with Gasteiger partial charge in [0.05, 0.1) is 0 Å². The van der Waals surface area contributed by atoms with Crippen LogP contribution in [0.2, 0.25) is 0 Å². The van der Waals surface area contributed by atoms with Crippen molar-refractivity contribution in [1.82, 2.24) is 4.90 Å². The van der Waals surface area contributed by atoms with E-state index in [-0.39, 0.29) is 0 Å². The second-order valence-electron chi connectivity index (χ2n) is 4.84. The molecular weight excluding hydrogens is 186 g/mol. The molecule has 1 saturated carbocycles. The van der Waals surface area contributed by atoms with Gasteiger partial charge in [0.15, 0.2) is 0 Å². The first kappa shape index (κ1) is 9.22. The Hall–Kier alpha value is -1.02. The minimum Gasteiger partial charge on any atom is -0.508 e. The Bertz CT molecular complexity index is 371. The van der Waals surface area contributed by atoms with Gasteiger partial charge in [0, 0.05) is 19.6 Å². The molecule has 0 spiro atoms. The number of phenolic OH excluding ortho intramolecular Hbond substituents is 1. The van der Waals surface area contributed by atoms with E-state index in [0.29, 0.717) is 5.75 Å². The standard InChI is InChI=1S/C13H17NO/c15-13-3-1-2-11-9-14(7-6-12(11)13)8-10-4-5-10/h1-3,10,15H,4-9H2. The summed E-state index contributed by atoms with van der Waals surface area (Å²) in [5.74, 6) is 1.45. The molecule has 0 radical (unpaired) electrons. The van der Waals surface area contributed by atoms with Crippen LogP contribution < -0.4 is 0 Å². The van der Waals surface area contributed by atoms with Crippen LogP contribution in [-0.4, -0.2) is 23.1 Å². The van der Waals surface area contributed by atoms with Crippen molar-refractivity contribution < 1.29 is 5.11 Å². The van der Waals surface area contributed by atoms with Crippen molar-refractivity contribution in [1.29, 1.82) is 0 Å². The summed E-state index contributed by atoms with van der Waals surface area (Å²) in [6.45, 7) is 3.40. The third-order valence-electron chi connectivity index (χ3n) is 3.53. The summed E-state index contributed by atoms with van der Waals surface area (Å²) >= 11 is 0. The van der Waals surface area contributed by atoms with Gasteiger partial charge in [-0.15, -0.1) is 0 Å². The minimum atomic E-state index is 0.485. The molecule has 15 heavy (non-hydrogen) atoms. The van der Waals surface area contributed by atoms with Gasteiger partial charge in [0.2, 0.25) is 0 Å². The summed E-state index contributed by atoms with van der Waals surface area (Å²) in [6, 6.07) is 5.90. The molecule has 1 aromatic rings. The molecule has 2 aliphatic rings. The van der Waals surface area contributed by atoms with Crippen molar-refractivity contribution in [3.05, 3.63) is 29.3 Å². The van der Waals surface area contributed by atoms with Crippen LogP contribution in [0.1, 0.15) is 24.0 Å². The Kier molecular flexibility index (Phi) is 2.17. The van der Waals surface area contributed by atoms with Gasteiger partial charge in [-0.05, 0) is 42.4 Å². The van der Waals surface area contributed by atoms with Gasteiger partial charge in [0.25, 0.3) is 0 Å². The van der Waals surface area contributed by atoms with Crippen LogP contribution in [0.3, 0.4) is 0 Å². The molecule has 2 heteroatoms. The second kappa shape index (κ2) is 3.53. The van der Waals surface area contributed by atoms with Crippen LogP contribution in [0, 0.1) is 5.92 Å². The van der Waals surface area contributed by atoms with Gasteiger partial charge in [0.1, 0.15) is 5.75 Å². The maximum atomic E-state index is 9.72. The molecule has 0 amide bonds. The normalized spacial score (nSPS) is 21.3. The number of benzene rings is 1. The molecule has 1 fully saturated rings. The van der Waals surface area contributed by atoms with Crippen molar-refractivity contribution in [3.63, 3.8) is 0 Å². The fourth-order valence-electron chi connectivity index (χ4n) is 2.47. The lowest BCUT2D eigenvalue weighted by atomic mass is 9.98. The Morgan fingerprint density at radius 3 is 3.00 bits per heavy atom. The Labute approximate surface area is 90.5 Å². The average Bonchev–Trinajstić information content (AvgIpc) is 3.02. The van der Waals surface area contributed by atoms with Crippen molar-refractivity contribution in [2.45, 2.75) is 25.8 Å². The number of nitrogens with zero attached hydrogens (tertiary/aromatic N) is 1. The highest BCUT2D eigenvalue weighted by Crippen LogP contribution is 2.32. The highest BCUT2D eigenvalue weighted by Gasteiger charge is 2.26. The van der Waals surface area contributed by atoms with Gasteiger partial charge < -0.3 is 5.11 Å². The molecule has 1 heterocycles. The van der Waals surface area contributed by atoms with E-state index in [0.717, 1.165) is 25.4 Å². The first-order valence-corrected chi connectivity index (χ1v) is 5.85. The van der Waals surface area contributed by atoms with Gasteiger partial charge >= 0.3 is 0 Å². The molecule has 0 bridgehead atoms. The second-order valence-corrected chi connectivity index (χ2v) is 4.84. The molecule has 0 unspecified atom stereocenters. The zero-order chi connectivity index (χ0) is 10.3. The lowest BCUT2D eigenvalue weighted by molar-refractivity contribution is 0.241. The molecule has 2 nitrogen and oxygen atoms in total. The molecular formula is C13H17NO. The maximum Gasteiger partial charge on any atom is 0.119 e. The van der Waals surface area contributed by atoms with E-state index in [9.17, 15) is 5.11 Å². The Morgan fingerprint density at radius 1 is 1.33 bits per heavy atom. The molecule has 1 aromatic carbocycles. The summed E-state index contributed by atoms with van der Waals surface area (Å²) < 4.78 is 0. The summed E-state index contributed by atoms with van der Waals surface area (Å²) in [6.07, 6.45) is 3.85. The zero-order valence-corrected chi connectivity index (χ0v) is 8.95. The molecule has 0 atom stereocenters. The zero-order valence-electron chi connectivity index (χ0n) is 8.95. The van der Waals surface area contributed by atoms with Crippen molar-refractivity contribution in [2.24, 2.45) is 5.92 Å². The van der Waals surface area contributed by atoms with E-state index < -0.39 is 0 Å². The van der Waals surface area contributed by atoms with Gasteiger partial charge in [-0.25, -0.2) is 0 Å². The van der Waals surface area contributed by atoms with Gasteiger partial charge in [-0.1, -0.05) is 12.1 Å². The van der Waals surface area contributed by atoms with Crippen LogP contribution in [0.25, 0.3) is 0 Å². The quantitative estimate of drug-likeness (QED) is 0.796. The molecule has 1 aliphatic carbocycles. The Balaban J connectivity index is 1.77. The van der Waals surface area contributed by atoms with Gasteiger partial charge in [-0.3, -0.25) is 4.90 Å². The largest absolute Gasteiger partial charge is 0.508 e. The van der Waals surface area contributed by atoms with E-state index in [1.807, 2.05) is 6.07 Å². The highest BCUT2D eigenvalue weighted by molar-refractivity contribution is 5.40. The summed E-state index contributed by atoms with van der Waals surface area (Å²) in [4.78, 5) is 2.53. The highest BCUT2D eigenvalue weighted by atomic mass is 16.3. The molecule has 3 rings (SSSR count). The summed E-state index contributed by atoms with van der Waals surface area (Å²) in [5.41, 5.74) is 2.49. The smallest absolute Gasteiger partial charge is 0.119 e. The van der Waals surface area contributed by atoms with E-state index in [1.165, 1.54) is 30.5 Å². The van der Waals surface area contributed by atoms with E-state index in [2.05, 4.69) is 11.0 Å². The lowest BCUT2D eigenvalue weighted by Gasteiger charge is -2.29. The molecule has 0 saturated heterocycles. The van der Waals surface area contributed by atoms with Crippen LogP contribution in [0.4, 0.5) is 0 Å². The van der Waals surface area contributed by atoms with Crippen LogP contribution in [-0.2, 0) is 13.0 Å². The minimum absolute atomic E-state index is 0.485. The summed E-state index contributed by atoms with van der Waals surface area (Å²) in [7, 11) is 0. The number of phenols is 1. The van der Waals surface area contributed by atoms with E-state index in [1.54, 1.807) is 6.07 Å². The molecule has 80 valence electrons. The number of rotatable bonds is 2. The topological polar surface area (TPSA) is 23.5 Å². The number of fused-ring (bicyclic) bond motifs is 1. The predicted octanol–water partition coefficient (Wildman–Crippen LogP) is 2.16. The summed E-state index contributed by atoms with van der Waals surface area (Å²) in [5, 5.41) is 9.72. The van der Waals surface area contributed by atoms with Crippen molar-refractivity contribution in [3.8, 4) is 5.75 Å². The predicted molar refractivity (Wildman–Crippen MR) is 59.8 cm³/mol. The SMILES string of the molecule is Oc1cccc2c1CCN(CC1CC1)C2. The van der Waals surface area contributed by atoms with Crippen molar-refractivity contribution >= 4 is 0 Å². The molecule has 1 N–H and O–H groups in total. The number of hydrogen-bond acceptors (Lipinski definition) is 2. The number of aromatic hydroxyl groups is 1. The van der Waals surface area contributed by atoms with E-state index in [4.69, 9.17) is 0 Å². The van der Waals surface area contributed by atoms with Crippen LogP contribution in [0.15, 0.2) is 18.2 Å². The number of hydrogen-bond donors (Lipinski definition) is 1. The maximum absolute atomic E-state index is 9.72. The van der Waals surface area contributed by atoms with E-state index >= 15 is 0 Å². The average molecular weight is 203 g/mol. The molecule has 1 aliphatic heterocycles. The molecule has 0 aromatic heterocycles. The third-order valence-corrected chi connectivity index (χ3v) is 3.53. The Morgan fingerprint density at radius 2 is 2.20 bits per heavy atom. The van der Waals surface area contributed by atoms with Crippen LogP contribution in [0.5, 0.6) is 5.75 Å². The van der Waals surface area contributed by atoms with Gasteiger partial charge in [-0.2, -0.15) is 0 Å². The monoisotopic (exact) mass is 203 g/mol. The third kappa shape index (κ3) is 1.86.